The lowest BCUT2D eigenvalue weighted by Crippen LogP contribution is -2.33. The highest BCUT2D eigenvalue weighted by Crippen LogP contribution is 2.40. The van der Waals surface area contributed by atoms with Crippen LogP contribution >= 0.6 is 0 Å². The molecule has 1 saturated heterocycles. The van der Waals surface area contributed by atoms with E-state index < -0.39 is 17.7 Å². The molecule has 168 valence electrons. The van der Waals surface area contributed by atoms with Crippen molar-refractivity contribution in [1.29, 1.82) is 0 Å². The molecule has 3 heterocycles. The molecule has 2 aliphatic heterocycles. The van der Waals surface area contributed by atoms with Gasteiger partial charge in [0, 0.05) is 18.3 Å². The number of amides is 1. The first-order chi connectivity index (χ1) is 15.5. The molecular formula is C24H27N3O5. The van der Waals surface area contributed by atoms with E-state index in [1.54, 1.807) is 42.6 Å². The Bertz CT molecular complexity index is 1030. The fourth-order valence-electron chi connectivity index (χ4n) is 4.16. The normalized spacial score (nSPS) is 19.2. The number of aromatic nitrogens is 1. The topological polar surface area (TPSA) is 92.2 Å². The minimum absolute atomic E-state index is 0.0374. The van der Waals surface area contributed by atoms with Gasteiger partial charge >= 0.3 is 0 Å². The van der Waals surface area contributed by atoms with Crippen LogP contribution in [0.4, 0.5) is 0 Å². The first kappa shape index (κ1) is 21.8. The highest BCUT2D eigenvalue weighted by Gasteiger charge is 2.46. The van der Waals surface area contributed by atoms with Crippen molar-refractivity contribution < 1.29 is 24.2 Å². The summed E-state index contributed by atoms with van der Waals surface area (Å²) in [6.07, 6.45) is 2.33. The van der Waals surface area contributed by atoms with E-state index in [2.05, 4.69) is 23.7 Å². The molecule has 8 nitrogen and oxygen atoms in total. The van der Waals surface area contributed by atoms with Crippen LogP contribution in [0.15, 0.2) is 48.2 Å². The average molecular weight is 437 g/mol. The molecule has 2 aliphatic rings. The van der Waals surface area contributed by atoms with Gasteiger partial charge in [-0.15, -0.1) is 0 Å². The van der Waals surface area contributed by atoms with E-state index in [-0.39, 0.29) is 18.1 Å². The van der Waals surface area contributed by atoms with Crippen molar-refractivity contribution in [3.05, 3.63) is 59.4 Å². The summed E-state index contributed by atoms with van der Waals surface area (Å²) in [7, 11) is 0. The fraction of sp³-hybridized carbons (Fsp3) is 0.375. The van der Waals surface area contributed by atoms with Crippen molar-refractivity contribution >= 4 is 17.4 Å². The molecule has 0 radical (unpaired) electrons. The van der Waals surface area contributed by atoms with Gasteiger partial charge in [0.2, 0.25) is 6.79 Å². The number of hydrogen-bond acceptors (Lipinski definition) is 7. The van der Waals surface area contributed by atoms with Gasteiger partial charge in [0.15, 0.2) is 11.5 Å². The molecule has 1 amide bonds. The van der Waals surface area contributed by atoms with Gasteiger partial charge in [0.1, 0.15) is 11.8 Å². The molecule has 0 unspecified atom stereocenters. The van der Waals surface area contributed by atoms with Crippen molar-refractivity contribution in [1.82, 2.24) is 14.8 Å². The number of pyridine rings is 1. The number of nitrogens with zero attached hydrogens (tertiary/aromatic N) is 3. The third-order valence-electron chi connectivity index (χ3n) is 5.92. The summed E-state index contributed by atoms with van der Waals surface area (Å²) >= 11 is 0. The van der Waals surface area contributed by atoms with Gasteiger partial charge in [-0.05, 0) is 56.4 Å². The van der Waals surface area contributed by atoms with E-state index in [0.29, 0.717) is 35.7 Å². The Kier molecular flexibility index (Phi) is 6.41. The Hall–Kier alpha value is -3.39. The molecule has 32 heavy (non-hydrogen) atoms. The Morgan fingerprint density at radius 3 is 2.66 bits per heavy atom. The Labute approximate surface area is 187 Å². The maximum atomic E-state index is 13.1. The third kappa shape index (κ3) is 4.05. The number of rotatable bonds is 8. The number of carbonyl (C=O) groups excluding carboxylic acids is 2. The number of benzene rings is 1. The molecule has 0 aliphatic carbocycles. The second-order valence-electron chi connectivity index (χ2n) is 7.70. The Morgan fingerprint density at radius 2 is 1.94 bits per heavy atom. The second kappa shape index (κ2) is 9.40. The summed E-state index contributed by atoms with van der Waals surface area (Å²) in [5, 5.41) is 11.1. The monoisotopic (exact) mass is 437 g/mol. The number of Topliss-reactive ketones (excluding diaryl/α,β-unsaturated/α-hetero) is 1. The first-order valence-electron chi connectivity index (χ1n) is 10.9. The van der Waals surface area contributed by atoms with Crippen LogP contribution in [0.1, 0.15) is 37.6 Å². The number of ketones is 1. The summed E-state index contributed by atoms with van der Waals surface area (Å²) in [6.45, 7) is 7.33. The SMILES string of the molecule is CCN(CC)CCCN1C(=O)C(=O)/C(=C(\O)c2ccc3c(c2)OCO3)[C@H]1c1ccccn1. The summed E-state index contributed by atoms with van der Waals surface area (Å²) in [5.41, 5.74) is 0.962. The molecule has 4 rings (SSSR count). The van der Waals surface area contributed by atoms with Crippen molar-refractivity contribution in [3.8, 4) is 11.5 Å². The average Bonchev–Trinajstić information content (AvgIpc) is 3.39. The molecule has 1 aromatic heterocycles. The summed E-state index contributed by atoms with van der Waals surface area (Å²) in [6, 6.07) is 9.52. The van der Waals surface area contributed by atoms with Crippen LogP contribution in [0.5, 0.6) is 11.5 Å². The van der Waals surface area contributed by atoms with E-state index in [1.807, 2.05) is 0 Å². The maximum absolute atomic E-state index is 13.1. The molecule has 1 atom stereocenters. The second-order valence-corrected chi connectivity index (χ2v) is 7.70. The van der Waals surface area contributed by atoms with E-state index >= 15 is 0 Å². The predicted octanol–water partition coefficient (Wildman–Crippen LogP) is 2.96. The summed E-state index contributed by atoms with van der Waals surface area (Å²) < 4.78 is 10.7. The number of fused-ring (bicyclic) bond motifs is 1. The number of aliphatic hydroxyl groups excluding tert-OH is 1. The minimum atomic E-state index is -0.752. The zero-order valence-corrected chi connectivity index (χ0v) is 18.3. The van der Waals surface area contributed by atoms with Gasteiger partial charge in [0.05, 0.1) is 11.3 Å². The van der Waals surface area contributed by atoms with Crippen LogP contribution in [0.2, 0.25) is 0 Å². The quantitative estimate of drug-likeness (QED) is 0.386. The van der Waals surface area contributed by atoms with Gasteiger partial charge in [-0.1, -0.05) is 19.9 Å². The van der Waals surface area contributed by atoms with Crippen LogP contribution in [0.25, 0.3) is 5.76 Å². The lowest BCUT2D eigenvalue weighted by atomic mass is 9.98. The number of likely N-dealkylation sites (tertiary alicyclic amines) is 1. The number of carbonyl (C=O) groups is 2. The van der Waals surface area contributed by atoms with Crippen LogP contribution in [-0.2, 0) is 9.59 Å². The highest BCUT2D eigenvalue weighted by molar-refractivity contribution is 6.46. The molecule has 1 fully saturated rings. The fourth-order valence-corrected chi connectivity index (χ4v) is 4.16. The van der Waals surface area contributed by atoms with E-state index in [4.69, 9.17) is 9.47 Å². The molecule has 1 N–H and O–H groups in total. The predicted molar refractivity (Wildman–Crippen MR) is 118 cm³/mol. The van der Waals surface area contributed by atoms with Crippen molar-refractivity contribution in [2.45, 2.75) is 26.3 Å². The molecule has 0 spiro atoms. The molecule has 1 aromatic carbocycles. The Balaban J connectivity index is 1.71. The van der Waals surface area contributed by atoms with Crippen molar-refractivity contribution in [3.63, 3.8) is 0 Å². The largest absolute Gasteiger partial charge is 0.507 e. The summed E-state index contributed by atoms with van der Waals surface area (Å²) in [5.74, 6) is -0.527. The molecule has 2 aromatic rings. The molecule has 0 saturated carbocycles. The lowest BCUT2D eigenvalue weighted by Gasteiger charge is -2.26. The van der Waals surface area contributed by atoms with Crippen molar-refractivity contribution in [2.24, 2.45) is 0 Å². The molecular weight excluding hydrogens is 410 g/mol. The minimum Gasteiger partial charge on any atom is -0.507 e. The maximum Gasteiger partial charge on any atom is 0.295 e. The number of aliphatic hydroxyl groups is 1. The molecule has 0 bridgehead atoms. The molecule has 8 heteroatoms. The lowest BCUT2D eigenvalue weighted by molar-refractivity contribution is -0.140. The number of ether oxygens (including phenoxy) is 2. The van der Waals surface area contributed by atoms with Crippen LogP contribution in [0.3, 0.4) is 0 Å². The zero-order valence-electron chi connectivity index (χ0n) is 18.3. The van der Waals surface area contributed by atoms with Gasteiger partial charge in [-0.25, -0.2) is 0 Å². The van der Waals surface area contributed by atoms with Crippen LogP contribution in [0, 0.1) is 0 Å². The summed E-state index contributed by atoms with van der Waals surface area (Å²) in [4.78, 5) is 34.2. The van der Waals surface area contributed by atoms with E-state index in [1.165, 1.54) is 4.90 Å². The highest BCUT2D eigenvalue weighted by atomic mass is 16.7. The Morgan fingerprint density at radius 1 is 1.16 bits per heavy atom. The standard InChI is InChI=1S/C24H27N3O5/c1-3-26(4-2)12-7-13-27-21(17-8-5-6-11-25-17)20(23(29)24(27)30)22(28)16-9-10-18-19(14-16)32-15-31-18/h5-6,8-11,14,21,28H,3-4,7,12-13,15H2,1-2H3/b22-20-/t21-/m1/s1. The van der Waals surface area contributed by atoms with Crippen LogP contribution < -0.4 is 9.47 Å². The van der Waals surface area contributed by atoms with Gasteiger partial charge in [0.25, 0.3) is 11.7 Å². The third-order valence-corrected chi connectivity index (χ3v) is 5.92. The van der Waals surface area contributed by atoms with E-state index in [0.717, 1.165) is 19.6 Å². The van der Waals surface area contributed by atoms with Gasteiger partial charge < -0.3 is 24.4 Å². The van der Waals surface area contributed by atoms with Gasteiger partial charge in [-0.3, -0.25) is 14.6 Å². The van der Waals surface area contributed by atoms with Crippen molar-refractivity contribution in [2.75, 3.05) is 33.0 Å². The zero-order chi connectivity index (χ0) is 22.7. The van der Waals surface area contributed by atoms with E-state index in [9.17, 15) is 14.7 Å². The smallest absolute Gasteiger partial charge is 0.295 e. The van der Waals surface area contributed by atoms with Gasteiger partial charge in [-0.2, -0.15) is 0 Å². The first-order valence-corrected chi connectivity index (χ1v) is 10.9. The number of hydrogen-bond donors (Lipinski definition) is 1. The van der Waals surface area contributed by atoms with Crippen LogP contribution in [-0.4, -0.2) is 64.6 Å².